The summed E-state index contributed by atoms with van der Waals surface area (Å²) in [5, 5.41) is 1.02. The third-order valence-electron chi connectivity index (χ3n) is 6.46. The highest BCUT2D eigenvalue weighted by molar-refractivity contribution is 5.80. The van der Waals surface area contributed by atoms with Gasteiger partial charge in [-0.25, -0.2) is 0 Å². The summed E-state index contributed by atoms with van der Waals surface area (Å²) in [6.07, 6.45) is 2.38. The van der Waals surface area contributed by atoms with Gasteiger partial charge in [0.1, 0.15) is 5.75 Å². The maximum atomic E-state index is 12.5. The van der Waals surface area contributed by atoms with Crippen LogP contribution >= 0.6 is 0 Å². The molecule has 152 valence electrons. The third kappa shape index (κ3) is 4.24. The number of hydrogen-bond donors (Lipinski definition) is 1. The third-order valence-corrected chi connectivity index (χ3v) is 6.46. The van der Waals surface area contributed by atoms with Gasteiger partial charge in [0.05, 0.1) is 20.3 Å². The highest BCUT2D eigenvalue weighted by Crippen LogP contribution is 2.26. The van der Waals surface area contributed by atoms with E-state index in [0.29, 0.717) is 12.6 Å². The molecule has 1 aromatic carbocycles. The maximum absolute atomic E-state index is 12.5. The molecule has 0 aliphatic carbocycles. The Morgan fingerprint density at radius 2 is 1.93 bits per heavy atom. The van der Waals surface area contributed by atoms with E-state index < -0.39 is 0 Å². The van der Waals surface area contributed by atoms with Crippen LogP contribution in [0.5, 0.6) is 5.75 Å². The minimum absolute atomic E-state index is 0.0153. The van der Waals surface area contributed by atoms with Crippen LogP contribution in [-0.2, 0) is 11.3 Å². The molecule has 0 unspecified atom stereocenters. The van der Waals surface area contributed by atoms with E-state index in [2.05, 4.69) is 21.7 Å². The molecule has 4 rings (SSSR count). The molecule has 2 aliphatic rings. The Bertz CT molecular complexity index is 852. The Morgan fingerprint density at radius 3 is 2.64 bits per heavy atom. The van der Waals surface area contributed by atoms with Crippen LogP contribution in [0.2, 0.25) is 0 Å². The fraction of sp³-hybridized carbons (Fsp3) is 0.591. The molecule has 2 aliphatic heterocycles. The molecule has 3 heterocycles. The van der Waals surface area contributed by atoms with E-state index in [1.165, 1.54) is 12.8 Å². The number of nitrogens with one attached hydrogen (secondary N) is 1. The number of aromatic amines is 1. The zero-order valence-corrected chi connectivity index (χ0v) is 16.9. The molecule has 0 saturated carbocycles. The van der Waals surface area contributed by atoms with Crippen molar-refractivity contribution in [3.63, 3.8) is 0 Å². The molecule has 1 atom stereocenters. The molecule has 1 aromatic heterocycles. The summed E-state index contributed by atoms with van der Waals surface area (Å²) in [6, 6.07) is 8.38. The van der Waals surface area contributed by atoms with E-state index in [1.54, 1.807) is 7.11 Å². The largest absolute Gasteiger partial charge is 0.497 e. The summed E-state index contributed by atoms with van der Waals surface area (Å²) in [5.74, 6) is 1.54. The van der Waals surface area contributed by atoms with Gasteiger partial charge in [-0.2, -0.15) is 0 Å². The number of benzene rings is 1. The summed E-state index contributed by atoms with van der Waals surface area (Å²) in [5.41, 5.74) is 1.70. The van der Waals surface area contributed by atoms with Gasteiger partial charge < -0.3 is 14.5 Å². The smallest absolute Gasteiger partial charge is 0.252 e. The van der Waals surface area contributed by atoms with Crippen LogP contribution in [0, 0.1) is 5.92 Å². The van der Waals surface area contributed by atoms with E-state index >= 15 is 0 Å². The van der Waals surface area contributed by atoms with Crippen molar-refractivity contribution in [1.29, 1.82) is 0 Å². The highest BCUT2D eigenvalue weighted by Gasteiger charge is 2.28. The molecule has 1 N–H and O–H groups in total. The van der Waals surface area contributed by atoms with Gasteiger partial charge >= 0.3 is 0 Å². The molecule has 2 aromatic rings. The minimum Gasteiger partial charge on any atom is -0.497 e. The van der Waals surface area contributed by atoms with E-state index in [0.717, 1.165) is 67.5 Å². The number of likely N-dealkylation sites (tertiary alicyclic amines) is 1. The quantitative estimate of drug-likeness (QED) is 0.857. The van der Waals surface area contributed by atoms with Gasteiger partial charge in [-0.05, 0) is 63.0 Å². The van der Waals surface area contributed by atoms with Gasteiger partial charge in [0.2, 0.25) is 0 Å². The van der Waals surface area contributed by atoms with Crippen molar-refractivity contribution in [3.8, 4) is 5.75 Å². The number of pyridine rings is 1. The lowest BCUT2D eigenvalue weighted by molar-refractivity contribution is -0.00193. The summed E-state index contributed by atoms with van der Waals surface area (Å²) in [4.78, 5) is 20.5. The van der Waals surface area contributed by atoms with E-state index in [1.807, 2.05) is 24.3 Å². The maximum Gasteiger partial charge on any atom is 0.252 e. The lowest BCUT2D eigenvalue weighted by atomic mass is 9.89. The monoisotopic (exact) mass is 385 g/mol. The Labute approximate surface area is 166 Å². The topological polar surface area (TPSA) is 57.8 Å². The van der Waals surface area contributed by atoms with Crippen molar-refractivity contribution < 1.29 is 9.47 Å². The van der Waals surface area contributed by atoms with Gasteiger partial charge in [-0.15, -0.1) is 0 Å². The van der Waals surface area contributed by atoms with Crippen molar-refractivity contribution in [3.05, 3.63) is 40.2 Å². The number of ether oxygens (including phenoxy) is 2. The lowest BCUT2D eigenvalue weighted by Gasteiger charge is -2.41. The first-order chi connectivity index (χ1) is 13.6. The Kier molecular flexibility index (Phi) is 5.99. The minimum atomic E-state index is 0.0153. The van der Waals surface area contributed by atoms with Gasteiger partial charge in [-0.3, -0.25) is 14.6 Å². The standard InChI is InChI=1S/C22H31N3O3/c1-16(25-9-11-28-12-10-25)17-5-7-24(8-6-17)15-19-13-18-14-20(27-2)3-4-21(18)23-22(19)26/h3-4,13-14,16-17H,5-12,15H2,1-2H3,(H,23,26)/t16-/m0/s1. The second kappa shape index (κ2) is 8.64. The summed E-state index contributed by atoms with van der Waals surface area (Å²) >= 11 is 0. The fourth-order valence-electron chi connectivity index (χ4n) is 4.59. The number of fused-ring (bicyclic) bond motifs is 1. The van der Waals surface area contributed by atoms with E-state index in [-0.39, 0.29) is 5.56 Å². The number of morpholine rings is 1. The van der Waals surface area contributed by atoms with Crippen molar-refractivity contribution >= 4 is 10.9 Å². The summed E-state index contributed by atoms with van der Waals surface area (Å²) in [7, 11) is 1.66. The van der Waals surface area contributed by atoms with E-state index in [9.17, 15) is 4.79 Å². The first-order valence-corrected chi connectivity index (χ1v) is 10.4. The number of hydrogen-bond acceptors (Lipinski definition) is 5. The van der Waals surface area contributed by atoms with Crippen molar-refractivity contribution in [1.82, 2.24) is 14.8 Å². The molecular weight excluding hydrogens is 354 g/mol. The zero-order chi connectivity index (χ0) is 19.5. The van der Waals surface area contributed by atoms with Crippen LogP contribution in [0.15, 0.2) is 29.1 Å². The van der Waals surface area contributed by atoms with Gasteiger partial charge in [0.25, 0.3) is 5.56 Å². The SMILES string of the molecule is COc1ccc2[nH]c(=O)c(CN3CCC([C@H](C)N4CCOCC4)CC3)cc2c1. The molecule has 6 nitrogen and oxygen atoms in total. The van der Waals surface area contributed by atoms with Crippen molar-refractivity contribution in [2.75, 3.05) is 46.5 Å². The van der Waals surface area contributed by atoms with Crippen molar-refractivity contribution in [2.24, 2.45) is 5.92 Å². The predicted molar refractivity (Wildman–Crippen MR) is 111 cm³/mol. The fourth-order valence-corrected chi connectivity index (χ4v) is 4.59. The summed E-state index contributed by atoms with van der Waals surface area (Å²) in [6.45, 7) is 9.00. The first kappa shape index (κ1) is 19.4. The van der Waals surface area contributed by atoms with Gasteiger partial charge in [0, 0.05) is 42.1 Å². The molecule has 0 amide bonds. The summed E-state index contributed by atoms with van der Waals surface area (Å²) < 4.78 is 10.8. The number of nitrogens with zero attached hydrogens (tertiary/aromatic N) is 2. The van der Waals surface area contributed by atoms with Gasteiger partial charge in [0.15, 0.2) is 0 Å². The normalized spacial score (nSPS) is 21.1. The number of aromatic nitrogens is 1. The predicted octanol–water partition coefficient (Wildman–Crippen LogP) is 2.47. The van der Waals surface area contributed by atoms with Crippen molar-refractivity contribution in [2.45, 2.75) is 32.4 Å². The van der Waals surface area contributed by atoms with Crippen LogP contribution in [0.1, 0.15) is 25.3 Å². The van der Waals surface area contributed by atoms with Crippen LogP contribution in [0.4, 0.5) is 0 Å². The Morgan fingerprint density at radius 1 is 1.18 bits per heavy atom. The lowest BCUT2D eigenvalue weighted by Crippen LogP contribution is -2.48. The molecule has 2 saturated heterocycles. The van der Waals surface area contributed by atoms with Crippen LogP contribution in [0.25, 0.3) is 10.9 Å². The molecule has 6 heteroatoms. The Hall–Kier alpha value is -1.89. The molecule has 28 heavy (non-hydrogen) atoms. The highest BCUT2D eigenvalue weighted by atomic mass is 16.5. The number of H-pyrrole nitrogens is 1. The molecule has 0 bridgehead atoms. The molecule has 0 radical (unpaired) electrons. The molecule has 2 fully saturated rings. The van der Waals surface area contributed by atoms with Gasteiger partial charge in [-0.1, -0.05) is 0 Å². The number of methoxy groups -OCH3 is 1. The van der Waals surface area contributed by atoms with E-state index in [4.69, 9.17) is 9.47 Å². The van der Waals surface area contributed by atoms with Crippen LogP contribution < -0.4 is 10.3 Å². The second-order valence-corrected chi connectivity index (χ2v) is 8.08. The average Bonchev–Trinajstić information content (AvgIpc) is 2.74. The van der Waals surface area contributed by atoms with Crippen LogP contribution in [-0.4, -0.2) is 67.3 Å². The number of rotatable bonds is 5. The Balaban J connectivity index is 1.39. The zero-order valence-electron chi connectivity index (χ0n) is 16.9. The number of piperidine rings is 1. The molecule has 0 spiro atoms. The molecular formula is C22H31N3O3. The average molecular weight is 386 g/mol. The first-order valence-electron chi connectivity index (χ1n) is 10.4. The second-order valence-electron chi connectivity index (χ2n) is 8.08. The van der Waals surface area contributed by atoms with Crippen LogP contribution in [0.3, 0.4) is 0 Å².